The van der Waals surface area contributed by atoms with Crippen LogP contribution < -0.4 is 4.90 Å². The van der Waals surface area contributed by atoms with Crippen LogP contribution in [0.1, 0.15) is 25.0 Å². The first-order valence-corrected chi connectivity index (χ1v) is 15.1. The van der Waals surface area contributed by atoms with Gasteiger partial charge in [0.15, 0.2) is 5.58 Å². The molecular formula is C38H26N2OS. The number of rotatable bonds is 3. The lowest BCUT2D eigenvalue weighted by Gasteiger charge is -2.24. The predicted octanol–water partition coefficient (Wildman–Crippen LogP) is 11.1. The molecule has 0 bridgehead atoms. The highest BCUT2D eigenvalue weighted by atomic mass is 32.1. The Bertz CT molecular complexity index is 2350. The zero-order valence-corrected chi connectivity index (χ0v) is 24.1. The van der Waals surface area contributed by atoms with E-state index in [0.717, 1.165) is 33.2 Å². The topological polar surface area (TPSA) is 29.3 Å². The number of hydrogen-bond acceptors (Lipinski definition) is 4. The van der Waals surface area contributed by atoms with Crippen molar-refractivity contribution in [3.05, 3.63) is 132 Å². The van der Waals surface area contributed by atoms with Crippen molar-refractivity contribution in [2.75, 3.05) is 4.90 Å². The summed E-state index contributed by atoms with van der Waals surface area (Å²) < 4.78 is 9.24. The fraction of sp³-hybridized carbons (Fsp3) is 0.0789. The molecule has 3 nitrogen and oxygen atoms in total. The average Bonchev–Trinajstić information content (AvgIpc) is 3.68. The van der Waals surface area contributed by atoms with E-state index in [0.29, 0.717) is 6.01 Å². The smallest absolute Gasteiger partial charge is 0.307 e. The first-order chi connectivity index (χ1) is 20.6. The Hall–Kier alpha value is -4.93. The Labute approximate surface area is 247 Å². The van der Waals surface area contributed by atoms with Gasteiger partial charge in [-0.1, -0.05) is 92.7 Å². The van der Waals surface area contributed by atoms with Crippen LogP contribution in [0.25, 0.3) is 53.2 Å². The number of aromatic nitrogens is 1. The van der Waals surface area contributed by atoms with E-state index >= 15 is 0 Å². The van der Waals surface area contributed by atoms with Crippen molar-refractivity contribution in [3.63, 3.8) is 0 Å². The molecule has 8 aromatic rings. The third-order valence-electron chi connectivity index (χ3n) is 8.90. The number of oxazole rings is 1. The van der Waals surface area contributed by atoms with Crippen molar-refractivity contribution in [1.29, 1.82) is 0 Å². The number of nitrogens with zero attached hydrogens (tertiary/aromatic N) is 2. The Morgan fingerprint density at radius 3 is 2.26 bits per heavy atom. The molecule has 0 aliphatic heterocycles. The monoisotopic (exact) mass is 558 g/mol. The molecule has 0 unspecified atom stereocenters. The van der Waals surface area contributed by atoms with E-state index in [9.17, 15) is 0 Å². The summed E-state index contributed by atoms with van der Waals surface area (Å²) in [6, 6.07) is 44.0. The quantitative estimate of drug-likeness (QED) is 0.216. The minimum absolute atomic E-state index is 0.0552. The maximum atomic E-state index is 6.68. The van der Waals surface area contributed by atoms with Crippen molar-refractivity contribution in [2.45, 2.75) is 19.3 Å². The number of hydrogen-bond donors (Lipinski definition) is 0. The van der Waals surface area contributed by atoms with Crippen molar-refractivity contribution in [2.24, 2.45) is 0 Å². The van der Waals surface area contributed by atoms with E-state index < -0.39 is 0 Å². The first kappa shape index (κ1) is 23.7. The summed E-state index contributed by atoms with van der Waals surface area (Å²) in [5.74, 6) is 0. The predicted molar refractivity (Wildman–Crippen MR) is 177 cm³/mol. The molecule has 1 aliphatic rings. The second-order valence-electron chi connectivity index (χ2n) is 11.6. The number of thiophene rings is 1. The molecule has 0 atom stereocenters. The van der Waals surface area contributed by atoms with Gasteiger partial charge in [-0.2, -0.15) is 4.98 Å². The summed E-state index contributed by atoms with van der Waals surface area (Å²) >= 11 is 1.83. The van der Waals surface area contributed by atoms with E-state index in [4.69, 9.17) is 9.40 Å². The van der Waals surface area contributed by atoms with Crippen LogP contribution in [0.4, 0.5) is 17.4 Å². The third kappa shape index (κ3) is 3.30. The molecule has 0 fully saturated rings. The van der Waals surface area contributed by atoms with Crippen LogP contribution in [0.2, 0.25) is 0 Å². The summed E-state index contributed by atoms with van der Waals surface area (Å²) in [6.07, 6.45) is 0. The molecule has 2 aromatic heterocycles. The summed E-state index contributed by atoms with van der Waals surface area (Å²) in [7, 11) is 0. The van der Waals surface area contributed by atoms with Gasteiger partial charge in [-0.3, -0.25) is 4.90 Å². The molecule has 6 aromatic carbocycles. The van der Waals surface area contributed by atoms with Crippen molar-refractivity contribution in [1.82, 2.24) is 4.98 Å². The maximum Gasteiger partial charge on any atom is 0.307 e. The summed E-state index contributed by atoms with van der Waals surface area (Å²) in [5, 5.41) is 4.72. The van der Waals surface area contributed by atoms with E-state index in [1.807, 2.05) is 11.3 Å². The fourth-order valence-corrected chi connectivity index (χ4v) is 7.90. The second kappa shape index (κ2) is 8.54. The van der Waals surface area contributed by atoms with Crippen LogP contribution in [0.15, 0.2) is 126 Å². The van der Waals surface area contributed by atoms with Gasteiger partial charge in [0.05, 0.1) is 11.4 Å². The summed E-state index contributed by atoms with van der Waals surface area (Å²) in [5.41, 5.74) is 8.91. The summed E-state index contributed by atoms with van der Waals surface area (Å²) in [4.78, 5) is 7.25. The van der Waals surface area contributed by atoms with E-state index in [-0.39, 0.29) is 5.41 Å². The maximum absolute atomic E-state index is 6.68. The third-order valence-corrected chi connectivity index (χ3v) is 10.1. The Balaban J connectivity index is 1.31. The number of anilines is 3. The largest absolute Gasteiger partial charge is 0.422 e. The molecule has 0 radical (unpaired) electrons. The molecule has 0 amide bonds. The van der Waals surface area contributed by atoms with E-state index in [1.165, 1.54) is 42.4 Å². The van der Waals surface area contributed by atoms with Crippen LogP contribution in [-0.2, 0) is 5.41 Å². The zero-order chi connectivity index (χ0) is 28.0. The minimum Gasteiger partial charge on any atom is -0.422 e. The molecule has 0 spiro atoms. The summed E-state index contributed by atoms with van der Waals surface area (Å²) in [6.45, 7) is 4.63. The van der Waals surface area contributed by atoms with Gasteiger partial charge in [-0.15, -0.1) is 11.3 Å². The lowest BCUT2D eigenvalue weighted by Crippen LogP contribution is -2.15. The van der Waals surface area contributed by atoms with Gasteiger partial charge < -0.3 is 4.42 Å². The SMILES string of the molecule is CC1(C)c2ccccc2-c2cc(N(c3ccc4sc5ccccc5c4c3)c3nc4ccc5ccccc5c4o3)ccc21. The van der Waals surface area contributed by atoms with Crippen molar-refractivity contribution < 1.29 is 4.42 Å². The van der Waals surface area contributed by atoms with Crippen LogP contribution in [0, 0.1) is 0 Å². The molecule has 0 saturated carbocycles. The van der Waals surface area contributed by atoms with Gasteiger partial charge in [-0.05, 0) is 70.1 Å². The Morgan fingerprint density at radius 2 is 1.33 bits per heavy atom. The van der Waals surface area contributed by atoms with Crippen molar-refractivity contribution in [3.8, 4) is 11.1 Å². The van der Waals surface area contributed by atoms with Gasteiger partial charge >= 0.3 is 6.01 Å². The van der Waals surface area contributed by atoms with Gasteiger partial charge in [0.25, 0.3) is 0 Å². The molecule has 0 N–H and O–H groups in total. The van der Waals surface area contributed by atoms with Crippen molar-refractivity contribution >= 4 is 70.8 Å². The molecule has 42 heavy (non-hydrogen) atoms. The van der Waals surface area contributed by atoms with Gasteiger partial charge in [0.1, 0.15) is 5.52 Å². The van der Waals surface area contributed by atoms with E-state index in [2.05, 4.69) is 140 Å². The molecule has 1 aliphatic carbocycles. The van der Waals surface area contributed by atoms with Crippen LogP contribution in [0.5, 0.6) is 0 Å². The lowest BCUT2D eigenvalue weighted by molar-refractivity contribution is 0.611. The number of fused-ring (bicyclic) bond motifs is 9. The first-order valence-electron chi connectivity index (χ1n) is 14.3. The van der Waals surface area contributed by atoms with Crippen LogP contribution in [0.3, 0.4) is 0 Å². The van der Waals surface area contributed by atoms with Crippen LogP contribution in [-0.4, -0.2) is 4.98 Å². The standard InChI is InChI=1S/C38H26N2OS/c1-38(2)31-13-7-5-11-27(31)29-21-24(16-18-32(29)38)40(25-17-20-35-30(22-25)28-12-6-8-14-34(28)42-35)37-39-33-19-15-23-9-3-4-10-26(23)36(33)41-37/h3-22H,1-2H3. The highest BCUT2D eigenvalue weighted by Crippen LogP contribution is 2.51. The van der Waals surface area contributed by atoms with E-state index in [1.54, 1.807) is 0 Å². The normalized spacial score (nSPS) is 13.7. The highest BCUT2D eigenvalue weighted by Gasteiger charge is 2.35. The van der Waals surface area contributed by atoms with Gasteiger partial charge in [0, 0.05) is 31.0 Å². The van der Waals surface area contributed by atoms with Gasteiger partial charge in [-0.25, -0.2) is 0 Å². The average molecular weight is 559 g/mol. The van der Waals surface area contributed by atoms with Gasteiger partial charge in [0.2, 0.25) is 0 Å². The van der Waals surface area contributed by atoms with Crippen LogP contribution >= 0.6 is 11.3 Å². The lowest BCUT2D eigenvalue weighted by atomic mass is 9.82. The minimum atomic E-state index is -0.0552. The molecular weight excluding hydrogens is 532 g/mol. The number of benzene rings is 6. The molecule has 2 heterocycles. The molecule has 9 rings (SSSR count). The Kier molecular flexibility index (Phi) is 4.83. The molecule has 0 saturated heterocycles. The molecule has 200 valence electrons. The zero-order valence-electron chi connectivity index (χ0n) is 23.3. The Morgan fingerprint density at radius 1 is 0.619 bits per heavy atom. The second-order valence-corrected chi connectivity index (χ2v) is 12.7. The molecule has 4 heteroatoms. The fourth-order valence-electron chi connectivity index (χ4n) is 6.81. The highest BCUT2D eigenvalue weighted by molar-refractivity contribution is 7.25.